The molecule has 4 heteroatoms. The molecule has 0 amide bonds. The fourth-order valence-electron chi connectivity index (χ4n) is 2.71. The number of nitrogens with one attached hydrogen (secondary N) is 1. The number of nitrogens with zero attached hydrogens (tertiary/aromatic N) is 1. The van der Waals surface area contributed by atoms with Crippen LogP contribution in [0.15, 0.2) is 5.10 Å². The average molecular weight is 224 g/mol. The van der Waals surface area contributed by atoms with E-state index in [9.17, 15) is 4.79 Å². The Morgan fingerprint density at radius 3 is 2.56 bits per heavy atom. The molecule has 90 valence electrons. The Balaban J connectivity index is 1.81. The second-order valence-corrected chi connectivity index (χ2v) is 5.55. The number of carbonyl (C=O) groups is 1. The van der Waals surface area contributed by atoms with Gasteiger partial charge in [0.25, 0.3) is 0 Å². The fourth-order valence-corrected chi connectivity index (χ4v) is 2.71. The summed E-state index contributed by atoms with van der Waals surface area (Å²) in [4.78, 5) is 10.9. The molecule has 0 aromatic rings. The minimum Gasteiger partial charge on any atom is -0.481 e. The first-order valence-corrected chi connectivity index (χ1v) is 6.05. The van der Waals surface area contributed by atoms with Crippen LogP contribution < -0.4 is 5.43 Å². The van der Waals surface area contributed by atoms with Gasteiger partial charge >= 0.3 is 5.97 Å². The highest BCUT2D eigenvalue weighted by Crippen LogP contribution is 2.57. The molecular formula is C12H20N2O2. The highest BCUT2D eigenvalue weighted by molar-refractivity contribution is 5.84. The lowest BCUT2D eigenvalue weighted by Gasteiger charge is -2.06. The van der Waals surface area contributed by atoms with E-state index in [1.165, 1.54) is 25.7 Å². The standard InChI is InChI=1S/C12H20N2O2/c1-12(2)9(10(12)11(15)16)7-13-14-8-5-3-4-6-8/h7-10,14H,3-6H2,1-2H3,(H,15,16)/t9-,10-/m0/s1. The van der Waals surface area contributed by atoms with E-state index in [2.05, 4.69) is 10.5 Å². The van der Waals surface area contributed by atoms with Gasteiger partial charge in [-0.25, -0.2) is 0 Å². The van der Waals surface area contributed by atoms with Crippen molar-refractivity contribution in [3.63, 3.8) is 0 Å². The summed E-state index contributed by atoms with van der Waals surface area (Å²) >= 11 is 0. The predicted molar refractivity (Wildman–Crippen MR) is 62.3 cm³/mol. The number of rotatable bonds is 4. The van der Waals surface area contributed by atoms with Gasteiger partial charge < -0.3 is 10.5 Å². The Hall–Kier alpha value is -1.06. The van der Waals surface area contributed by atoms with Gasteiger partial charge in [-0.15, -0.1) is 0 Å². The molecule has 4 nitrogen and oxygen atoms in total. The second-order valence-electron chi connectivity index (χ2n) is 5.55. The Kier molecular flexibility index (Phi) is 2.91. The van der Waals surface area contributed by atoms with Crippen molar-refractivity contribution in [3.8, 4) is 0 Å². The Labute approximate surface area is 96.1 Å². The number of hydrogen-bond donors (Lipinski definition) is 2. The van der Waals surface area contributed by atoms with Crippen molar-refractivity contribution in [2.75, 3.05) is 0 Å². The number of hydrazone groups is 1. The van der Waals surface area contributed by atoms with Crippen LogP contribution in [0.3, 0.4) is 0 Å². The van der Waals surface area contributed by atoms with Crippen molar-refractivity contribution in [2.24, 2.45) is 22.4 Å². The first-order chi connectivity index (χ1) is 7.53. The molecule has 2 N–H and O–H groups in total. The van der Waals surface area contributed by atoms with E-state index < -0.39 is 5.97 Å². The topological polar surface area (TPSA) is 61.7 Å². The van der Waals surface area contributed by atoms with Crippen LogP contribution >= 0.6 is 0 Å². The first kappa shape index (κ1) is 11.4. The predicted octanol–water partition coefficient (Wildman–Crippen LogP) is 1.86. The van der Waals surface area contributed by atoms with Crippen LogP contribution in [-0.2, 0) is 4.79 Å². The van der Waals surface area contributed by atoms with Crippen molar-refractivity contribution in [1.82, 2.24) is 5.43 Å². The number of carboxylic acids is 1. The summed E-state index contributed by atoms with van der Waals surface area (Å²) in [6.45, 7) is 3.97. The van der Waals surface area contributed by atoms with Gasteiger partial charge in [-0.1, -0.05) is 26.7 Å². The lowest BCUT2D eigenvalue weighted by molar-refractivity contribution is -0.139. The molecular weight excluding hydrogens is 204 g/mol. The zero-order chi connectivity index (χ0) is 11.8. The molecule has 0 aromatic carbocycles. The van der Waals surface area contributed by atoms with Crippen LogP contribution in [0.4, 0.5) is 0 Å². The highest BCUT2D eigenvalue weighted by atomic mass is 16.4. The summed E-state index contributed by atoms with van der Waals surface area (Å²) in [6.07, 6.45) is 6.72. The molecule has 2 saturated carbocycles. The van der Waals surface area contributed by atoms with E-state index >= 15 is 0 Å². The van der Waals surface area contributed by atoms with E-state index in [0.717, 1.165) is 0 Å². The van der Waals surface area contributed by atoms with E-state index in [1.54, 1.807) is 6.21 Å². The molecule has 2 atom stereocenters. The summed E-state index contributed by atoms with van der Waals surface area (Å²) < 4.78 is 0. The zero-order valence-corrected chi connectivity index (χ0v) is 9.94. The maximum Gasteiger partial charge on any atom is 0.307 e. The third-order valence-corrected chi connectivity index (χ3v) is 4.02. The Morgan fingerprint density at radius 2 is 2.06 bits per heavy atom. The van der Waals surface area contributed by atoms with Crippen molar-refractivity contribution < 1.29 is 9.90 Å². The average Bonchev–Trinajstić information content (AvgIpc) is 2.62. The summed E-state index contributed by atoms with van der Waals surface area (Å²) in [5.74, 6) is -0.886. The van der Waals surface area contributed by atoms with Crippen LogP contribution in [0.2, 0.25) is 0 Å². The minimum atomic E-state index is -0.706. The van der Waals surface area contributed by atoms with Crippen LogP contribution in [0.1, 0.15) is 39.5 Å². The molecule has 16 heavy (non-hydrogen) atoms. The Morgan fingerprint density at radius 1 is 1.44 bits per heavy atom. The van der Waals surface area contributed by atoms with Gasteiger partial charge in [0.1, 0.15) is 0 Å². The van der Waals surface area contributed by atoms with Crippen molar-refractivity contribution in [1.29, 1.82) is 0 Å². The SMILES string of the molecule is CC1(C)[C@H](C(=O)O)[C@@H]1C=NNC1CCCC1. The summed E-state index contributed by atoms with van der Waals surface area (Å²) in [6, 6.07) is 0.501. The van der Waals surface area contributed by atoms with Gasteiger partial charge in [0, 0.05) is 18.2 Å². The molecule has 0 aliphatic heterocycles. The van der Waals surface area contributed by atoms with Crippen molar-refractivity contribution in [3.05, 3.63) is 0 Å². The molecule has 0 spiro atoms. The summed E-state index contributed by atoms with van der Waals surface area (Å²) in [7, 11) is 0. The largest absolute Gasteiger partial charge is 0.481 e. The van der Waals surface area contributed by atoms with E-state index in [-0.39, 0.29) is 17.3 Å². The van der Waals surface area contributed by atoms with Crippen molar-refractivity contribution >= 4 is 12.2 Å². The monoisotopic (exact) mass is 224 g/mol. The molecule has 2 aliphatic rings. The molecule has 2 aliphatic carbocycles. The van der Waals surface area contributed by atoms with Crippen molar-refractivity contribution in [2.45, 2.75) is 45.6 Å². The summed E-state index contributed by atoms with van der Waals surface area (Å²) in [5.41, 5.74) is 2.99. The fraction of sp³-hybridized carbons (Fsp3) is 0.833. The molecule has 2 fully saturated rings. The third kappa shape index (κ3) is 2.06. The van der Waals surface area contributed by atoms with E-state index in [1.807, 2.05) is 13.8 Å². The minimum absolute atomic E-state index is 0.0823. The summed E-state index contributed by atoms with van der Waals surface area (Å²) in [5, 5.41) is 13.2. The smallest absolute Gasteiger partial charge is 0.307 e. The molecule has 0 radical (unpaired) electrons. The van der Waals surface area contributed by atoms with Crippen LogP contribution in [-0.4, -0.2) is 23.3 Å². The lowest BCUT2D eigenvalue weighted by Crippen LogP contribution is -2.20. The number of carboxylic acid groups (broad SMARTS) is 1. The third-order valence-electron chi connectivity index (χ3n) is 4.02. The highest BCUT2D eigenvalue weighted by Gasteiger charge is 2.61. The zero-order valence-electron chi connectivity index (χ0n) is 9.94. The van der Waals surface area contributed by atoms with Gasteiger partial charge in [0.15, 0.2) is 0 Å². The van der Waals surface area contributed by atoms with Gasteiger partial charge in [-0.05, 0) is 18.3 Å². The van der Waals surface area contributed by atoms with Crippen LogP contribution in [0.25, 0.3) is 0 Å². The normalized spacial score (nSPS) is 33.1. The lowest BCUT2D eigenvalue weighted by atomic mass is 10.1. The maximum absolute atomic E-state index is 10.9. The molecule has 0 bridgehead atoms. The van der Waals surface area contributed by atoms with Gasteiger partial charge in [-0.2, -0.15) is 5.10 Å². The quantitative estimate of drug-likeness (QED) is 0.566. The van der Waals surface area contributed by atoms with Crippen LogP contribution in [0.5, 0.6) is 0 Å². The maximum atomic E-state index is 10.9. The van der Waals surface area contributed by atoms with E-state index in [0.29, 0.717) is 6.04 Å². The first-order valence-electron chi connectivity index (χ1n) is 6.05. The molecule has 2 rings (SSSR count). The van der Waals surface area contributed by atoms with E-state index in [4.69, 9.17) is 5.11 Å². The molecule has 0 unspecified atom stereocenters. The molecule has 0 heterocycles. The molecule has 0 saturated heterocycles. The number of aliphatic carboxylic acids is 1. The molecule has 0 aromatic heterocycles. The van der Waals surface area contributed by atoms with Crippen LogP contribution in [0, 0.1) is 17.3 Å². The Bertz CT molecular complexity index is 306. The van der Waals surface area contributed by atoms with Gasteiger partial charge in [0.05, 0.1) is 5.92 Å². The van der Waals surface area contributed by atoms with Gasteiger partial charge in [0.2, 0.25) is 0 Å². The second kappa shape index (κ2) is 4.07. The van der Waals surface area contributed by atoms with Gasteiger partial charge in [-0.3, -0.25) is 4.79 Å². The number of hydrogen-bond acceptors (Lipinski definition) is 3.